The average Bonchev–Trinajstić information content (AvgIpc) is 2.47. The zero-order chi connectivity index (χ0) is 14.1. The van der Waals surface area contributed by atoms with E-state index >= 15 is 0 Å². The normalized spacial score (nSPS) is 15.4. The van der Waals surface area contributed by atoms with Gasteiger partial charge in [0, 0.05) is 12.1 Å². The third kappa shape index (κ3) is 2.45. The summed E-state index contributed by atoms with van der Waals surface area (Å²) in [5.74, 6) is 0.0596. The van der Waals surface area contributed by atoms with Gasteiger partial charge in [-0.25, -0.2) is 0 Å². The van der Waals surface area contributed by atoms with E-state index in [4.69, 9.17) is 0 Å². The Balaban J connectivity index is 1.90. The molecule has 102 valence electrons. The molecule has 1 heterocycles. The Kier molecular flexibility index (Phi) is 3.28. The Labute approximate surface area is 118 Å². The Morgan fingerprint density at radius 2 is 1.75 bits per heavy atom. The highest BCUT2D eigenvalue weighted by atomic mass is 16.3. The molecule has 0 bridgehead atoms. The van der Waals surface area contributed by atoms with Gasteiger partial charge in [0.25, 0.3) is 0 Å². The first kappa shape index (κ1) is 12.9. The van der Waals surface area contributed by atoms with E-state index in [0.29, 0.717) is 6.42 Å². The lowest BCUT2D eigenvalue weighted by atomic mass is 9.95. The summed E-state index contributed by atoms with van der Waals surface area (Å²) in [7, 11) is 0. The summed E-state index contributed by atoms with van der Waals surface area (Å²) in [6.07, 6.45) is 0.616. The van der Waals surface area contributed by atoms with Crippen molar-refractivity contribution in [3.8, 4) is 0 Å². The highest BCUT2D eigenvalue weighted by Gasteiger charge is 2.17. The van der Waals surface area contributed by atoms with Gasteiger partial charge in [-0.05, 0) is 36.1 Å². The Bertz CT molecular complexity index is 647. The van der Waals surface area contributed by atoms with Crippen molar-refractivity contribution in [2.24, 2.45) is 0 Å². The van der Waals surface area contributed by atoms with E-state index < -0.39 is 6.10 Å². The number of aryl methyl sites for hydroxylation is 2. The zero-order valence-corrected chi connectivity index (χ0v) is 11.4. The second-order valence-electron chi connectivity index (χ2n) is 5.28. The lowest BCUT2D eigenvalue weighted by Crippen LogP contribution is -2.19. The molecule has 20 heavy (non-hydrogen) atoms. The molecule has 0 spiro atoms. The smallest absolute Gasteiger partial charge is 0.224 e. The SMILES string of the molecule is Cc1ccc(C(O)c2ccc3c(c2)CCC(=O)N3)cc1. The molecule has 2 aromatic rings. The van der Waals surface area contributed by atoms with E-state index in [0.717, 1.165) is 28.8 Å². The Hall–Kier alpha value is -2.13. The molecule has 0 saturated carbocycles. The molecule has 1 aliphatic heterocycles. The molecule has 2 N–H and O–H groups in total. The average molecular weight is 267 g/mol. The fourth-order valence-corrected chi connectivity index (χ4v) is 2.51. The lowest BCUT2D eigenvalue weighted by Gasteiger charge is -2.19. The van der Waals surface area contributed by atoms with Crippen molar-refractivity contribution in [2.45, 2.75) is 25.9 Å². The summed E-state index contributed by atoms with van der Waals surface area (Å²) in [6.45, 7) is 2.03. The van der Waals surface area contributed by atoms with E-state index in [1.807, 2.05) is 49.4 Å². The number of hydrogen-bond acceptors (Lipinski definition) is 2. The number of carbonyl (C=O) groups is 1. The van der Waals surface area contributed by atoms with Crippen LogP contribution in [0.5, 0.6) is 0 Å². The van der Waals surface area contributed by atoms with Crippen molar-refractivity contribution in [3.63, 3.8) is 0 Å². The van der Waals surface area contributed by atoms with Gasteiger partial charge in [-0.3, -0.25) is 4.79 Å². The third-order valence-electron chi connectivity index (χ3n) is 3.73. The van der Waals surface area contributed by atoms with E-state index in [9.17, 15) is 9.90 Å². The number of amides is 1. The number of aliphatic hydroxyl groups is 1. The summed E-state index contributed by atoms with van der Waals surface area (Å²) in [5.41, 5.74) is 4.88. The lowest BCUT2D eigenvalue weighted by molar-refractivity contribution is -0.116. The van der Waals surface area contributed by atoms with Crippen molar-refractivity contribution in [1.29, 1.82) is 0 Å². The van der Waals surface area contributed by atoms with Gasteiger partial charge in [0.15, 0.2) is 0 Å². The van der Waals surface area contributed by atoms with Gasteiger partial charge in [-0.15, -0.1) is 0 Å². The van der Waals surface area contributed by atoms with E-state index in [-0.39, 0.29) is 5.91 Å². The molecule has 1 amide bonds. The molecule has 0 saturated heterocycles. The van der Waals surface area contributed by atoms with Crippen LogP contribution in [-0.4, -0.2) is 11.0 Å². The standard InChI is InChI=1S/C17H17NO2/c1-11-2-4-12(5-3-11)17(20)14-6-8-15-13(10-14)7-9-16(19)18-15/h2-6,8,10,17,20H,7,9H2,1H3,(H,18,19). The molecule has 2 aromatic carbocycles. The summed E-state index contributed by atoms with van der Waals surface area (Å²) >= 11 is 0. The van der Waals surface area contributed by atoms with Crippen molar-refractivity contribution in [3.05, 3.63) is 64.7 Å². The molecule has 3 nitrogen and oxygen atoms in total. The quantitative estimate of drug-likeness (QED) is 0.879. The molecular formula is C17H17NO2. The monoisotopic (exact) mass is 267 g/mol. The Morgan fingerprint density at radius 1 is 1.05 bits per heavy atom. The molecule has 0 aromatic heterocycles. The van der Waals surface area contributed by atoms with Gasteiger partial charge in [-0.1, -0.05) is 42.0 Å². The molecule has 0 fully saturated rings. The number of carbonyl (C=O) groups excluding carboxylic acids is 1. The number of benzene rings is 2. The van der Waals surface area contributed by atoms with Gasteiger partial charge >= 0.3 is 0 Å². The number of nitrogens with one attached hydrogen (secondary N) is 1. The largest absolute Gasteiger partial charge is 0.384 e. The van der Waals surface area contributed by atoms with Gasteiger partial charge in [-0.2, -0.15) is 0 Å². The molecular weight excluding hydrogens is 250 g/mol. The summed E-state index contributed by atoms with van der Waals surface area (Å²) < 4.78 is 0. The second-order valence-corrected chi connectivity index (χ2v) is 5.28. The van der Waals surface area contributed by atoms with Gasteiger partial charge < -0.3 is 10.4 Å². The minimum Gasteiger partial charge on any atom is -0.384 e. The predicted octanol–water partition coefficient (Wildman–Crippen LogP) is 2.96. The third-order valence-corrected chi connectivity index (χ3v) is 3.73. The van der Waals surface area contributed by atoms with Crippen LogP contribution in [-0.2, 0) is 11.2 Å². The molecule has 3 heteroatoms. The van der Waals surface area contributed by atoms with Crippen LogP contribution in [0.2, 0.25) is 0 Å². The van der Waals surface area contributed by atoms with Gasteiger partial charge in [0.05, 0.1) is 0 Å². The van der Waals surface area contributed by atoms with Crippen LogP contribution in [0.3, 0.4) is 0 Å². The molecule has 1 unspecified atom stereocenters. The maximum Gasteiger partial charge on any atom is 0.224 e. The predicted molar refractivity (Wildman–Crippen MR) is 78.6 cm³/mol. The first-order valence-corrected chi connectivity index (χ1v) is 6.81. The van der Waals surface area contributed by atoms with Crippen LogP contribution in [0, 0.1) is 6.92 Å². The van der Waals surface area contributed by atoms with Crippen molar-refractivity contribution in [2.75, 3.05) is 5.32 Å². The zero-order valence-electron chi connectivity index (χ0n) is 11.4. The van der Waals surface area contributed by atoms with Crippen LogP contribution in [0.25, 0.3) is 0 Å². The topological polar surface area (TPSA) is 49.3 Å². The highest BCUT2D eigenvalue weighted by molar-refractivity contribution is 5.93. The number of fused-ring (bicyclic) bond motifs is 1. The molecule has 3 rings (SSSR count). The van der Waals surface area contributed by atoms with E-state index in [1.54, 1.807) is 0 Å². The van der Waals surface area contributed by atoms with Crippen molar-refractivity contribution < 1.29 is 9.90 Å². The van der Waals surface area contributed by atoms with E-state index in [1.165, 1.54) is 5.56 Å². The first-order chi connectivity index (χ1) is 9.63. The van der Waals surface area contributed by atoms with Crippen LogP contribution in [0.4, 0.5) is 5.69 Å². The molecule has 1 atom stereocenters. The van der Waals surface area contributed by atoms with Crippen LogP contribution < -0.4 is 5.32 Å². The summed E-state index contributed by atoms with van der Waals surface area (Å²) in [5, 5.41) is 13.3. The summed E-state index contributed by atoms with van der Waals surface area (Å²) in [4.78, 5) is 11.3. The fourth-order valence-electron chi connectivity index (χ4n) is 2.51. The molecule has 1 aliphatic rings. The molecule has 0 radical (unpaired) electrons. The van der Waals surface area contributed by atoms with Crippen LogP contribution >= 0.6 is 0 Å². The minimum absolute atomic E-state index is 0.0596. The minimum atomic E-state index is -0.626. The second kappa shape index (κ2) is 5.10. The Morgan fingerprint density at radius 3 is 2.50 bits per heavy atom. The number of hydrogen-bond donors (Lipinski definition) is 2. The number of anilines is 1. The van der Waals surface area contributed by atoms with Crippen LogP contribution in [0.15, 0.2) is 42.5 Å². The number of rotatable bonds is 2. The van der Waals surface area contributed by atoms with Crippen molar-refractivity contribution >= 4 is 11.6 Å². The molecule has 0 aliphatic carbocycles. The highest BCUT2D eigenvalue weighted by Crippen LogP contribution is 2.29. The number of aliphatic hydroxyl groups excluding tert-OH is 1. The maximum absolute atomic E-state index is 11.3. The summed E-state index contributed by atoms with van der Waals surface area (Å²) in [6, 6.07) is 13.6. The van der Waals surface area contributed by atoms with E-state index in [2.05, 4.69) is 5.32 Å². The van der Waals surface area contributed by atoms with Crippen molar-refractivity contribution in [1.82, 2.24) is 0 Å². The van der Waals surface area contributed by atoms with Gasteiger partial charge in [0.2, 0.25) is 5.91 Å². The van der Waals surface area contributed by atoms with Gasteiger partial charge in [0.1, 0.15) is 6.10 Å². The maximum atomic E-state index is 11.3. The fraction of sp³-hybridized carbons (Fsp3) is 0.235. The first-order valence-electron chi connectivity index (χ1n) is 6.81. The van der Waals surface area contributed by atoms with Crippen LogP contribution in [0.1, 0.15) is 34.8 Å².